The van der Waals surface area contributed by atoms with Gasteiger partial charge in [-0.1, -0.05) is 13.0 Å². The van der Waals surface area contributed by atoms with E-state index < -0.39 is 0 Å². The smallest absolute Gasteiger partial charge is 0.225 e. The highest BCUT2D eigenvalue weighted by molar-refractivity contribution is 5.78. The van der Waals surface area contributed by atoms with E-state index in [4.69, 9.17) is 4.74 Å². The van der Waals surface area contributed by atoms with Crippen LogP contribution in [-0.4, -0.2) is 36.1 Å². The van der Waals surface area contributed by atoms with Crippen LogP contribution in [0.2, 0.25) is 0 Å². The summed E-state index contributed by atoms with van der Waals surface area (Å²) in [5, 5.41) is 0. The van der Waals surface area contributed by atoms with Gasteiger partial charge in [0.2, 0.25) is 5.91 Å². The van der Waals surface area contributed by atoms with Gasteiger partial charge in [0.1, 0.15) is 0 Å². The highest BCUT2D eigenvalue weighted by Gasteiger charge is 2.27. The number of carbonyl (C=O) groups is 1. The van der Waals surface area contributed by atoms with Crippen molar-refractivity contribution in [3.63, 3.8) is 0 Å². The molecule has 0 saturated carbocycles. The number of hydrogen-bond donors (Lipinski definition) is 0. The number of rotatable bonds is 4. The fraction of sp³-hybridized carbons (Fsp3) is 0.600. The molecule has 0 aliphatic carbocycles. The lowest BCUT2D eigenvalue weighted by atomic mass is 9.86. The number of amides is 1. The van der Waals surface area contributed by atoms with Crippen molar-refractivity contribution < 1.29 is 9.53 Å². The van der Waals surface area contributed by atoms with Crippen LogP contribution >= 0.6 is 0 Å². The van der Waals surface area contributed by atoms with Crippen molar-refractivity contribution in [1.82, 2.24) is 9.88 Å². The maximum absolute atomic E-state index is 12.4. The molecule has 1 aromatic rings. The standard InChI is InChI=1S/C15H22N2O2/c1-12(14-5-8-19-9-6-14)15(18)17(2)11-13-4-3-7-16-10-13/h3-4,7,10,12,14H,5-6,8-9,11H2,1-2H3. The van der Waals surface area contributed by atoms with Crippen molar-refractivity contribution >= 4 is 5.91 Å². The molecule has 4 nitrogen and oxygen atoms in total. The Bertz CT molecular complexity index is 402. The first-order valence-corrected chi connectivity index (χ1v) is 6.90. The molecular formula is C15H22N2O2. The van der Waals surface area contributed by atoms with Crippen LogP contribution in [0.5, 0.6) is 0 Å². The molecule has 1 amide bonds. The largest absolute Gasteiger partial charge is 0.381 e. The lowest BCUT2D eigenvalue weighted by Crippen LogP contribution is -2.36. The molecule has 0 bridgehead atoms. The fourth-order valence-corrected chi connectivity index (χ4v) is 2.61. The van der Waals surface area contributed by atoms with Crippen LogP contribution in [0.1, 0.15) is 25.3 Å². The first-order chi connectivity index (χ1) is 9.18. The molecule has 0 radical (unpaired) electrons. The zero-order valence-corrected chi connectivity index (χ0v) is 11.7. The third-order valence-electron chi connectivity index (χ3n) is 3.88. The number of nitrogens with zero attached hydrogens (tertiary/aromatic N) is 2. The Kier molecular flexibility index (Phi) is 4.91. The van der Waals surface area contributed by atoms with Gasteiger partial charge in [-0.3, -0.25) is 9.78 Å². The molecule has 1 fully saturated rings. The van der Waals surface area contributed by atoms with Crippen LogP contribution in [0.25, 0.3) is 0 Å². The lowest BCUT2D eigenvalue weighted by Gasteiger charge is -2.30. The van der Waals surface area contributed by atoms with Gasteiger partial charge in [0.05, 0.1) is 0 Å². The summed E-state index contributed by atoms with van der Waals surface area (Å²) in [4.78, 5) is 18.3. The van der Waals surface area contributed by atoms with Crippen LogP contribution in [0.15, 0.2) is 24.5 Å². The molecule has 1 atom stereocenters. The molecule has 0 spiro atoms. The van der Waals surface area contributed by atoms with Gasteiger partial charge < -0.3 is 9.64 Å². The van der Waals surface area contributed by atoms with Crippen molar-refractivity contribution in [2.75, 3.05) is 20.3 Å². The third kappa shape index (κ3) is 3.77. The second-order valence-electron chi connectivity index (χ2n) is 5.29. The van der Waals surface area contributed by atoms with Crippen molar-refractivity contribution in [2.45, 2.75) is 26.3 Å². The van der Waals surface area contributed by atoms with Crippen LogP contribution in [-0.2, 0) is 16.1 Å². The summed E-state index contributed by atoms with van der Waals surface area (Å²) in [7, 11) is 1.87. The topological polar surface area (TPSA) is 42.4 Å². The molecular weight excluding hydrogens is 240 g/mol. The molecule has 19 heavy (non-hydrogen) atoms. The molecule has 1 unspecified atom stereocenters. The van der Waals surface area contributed by atoms with Crippen molar-refractivity contribution in [3.05, 3.63) is 30.1 Å². The Hall–Kier alpha value is -1.42. The third-order valence-corrected chi connectivity index (χ3v) is 3.88. The molecule has 104 valence electrons. The predicted molar refractivity (Wildman–Crippen MR) is 73.4 cm³/mol. The lowest BCUT2D eigenvalue weighted by molar-refractivity contribution is -0.137. The van der Waals surface area contributed by atoms with E-state index >= 15 is 0 Å². The molecule has 1 aliphatic rings. The van der Waals surface area contributed by atoms with Crippen LogP contribution in [0.3, 0.4) is 0 Å². The van der Waals surface area contributed by atoms with E-state index in [-0.39, 0.29) is 11.8 Å². The van der Waals surface area contributed by atoms with E-state index in [2.05, 4.69) is 4.98 Å². The molecule has 1 aliphatic heterocycles. The Balaban J connectivity index is 1.90. The second-order valence-corrected chi connectivity index (χ2v) is 5.29. The number of hydrogen-bond acceptors (Lipinski definition) is 3. The quantitative estimate of drug-likeness (QED) is 0.834. The Morgan fingerprint density at radius 2 is 2.26 bits per heavy atom. The summed E-state index contributed by atoms with van der Waals surface area (Å²) in [5.74, 6) is 0.749. The van der Waals surface area contributed by atoms with E-state index in [9.17, 15) is 4.79 Å². The fourth-order valence-electron chi connectivity index (χ4n) is 2.61. The maximum Gasteiger partial charge on any atom is 0.225 e. The summed E-state index contributed by atoms with van der Waals surface area (Å²) in [6, 6.07) is 3.89. The summed E-state index contributed by atoms with van der Waals surface area (Å²) < 4.78 is 5.35. The van der Waals surface area contributed by atoms with Gasteiger partial charge >= 0.3 is 0 Å². The molecule has 1 saturated heterocycles. The van der Waals surface area contributed by atoms with Crippen LogP contribution in [0, 0.1) is 11.8 Å². The number of carbonyl (C=O) groups excluding carboxylic acids is 1. The summed E-state index contributed by atoms with van der Waals surface area (Å²) in [6.45, 7) is 4.24. The number of pyridine rings is 1. The highest BCUT2D eigenvalue weighted by Crippen LogP contribution is 2.25. The number of ether oxygens (including phenoxy) is 1. The predicted octanol–water partition coefficient (Wildman–Crippen LogP) is 2.10. The van der Waals surface area contributed by atoms with Gasteiger partial charge in [0.25, 0.3) is 0 Å². The van der Waals surface area contributed by atoms with Crippen molar-refractivity contribution in [1.29, 1.82) is 0 Å². The molecule has 1 aromatic heterocycles. The molecule has 4 heteroatoms. The first kappa shape index (κ1) is 14.0. The monoisotopic (exact) mass is 262 g/mol. The molecule has 2 heterocycles. The summed E-state index contributed by atoms with van der Waals surface area (Å²) in [6.07, 6.45) is 5.54. The SMILES string of the molecule is CC(C(=O)N(C)Cc1cccnc1)C1CCOCC1. The van der Waals surface area contributed by atoms with E-state index in [1.54, 1.807) is 11.1 Å². The van der Waals surface area contributed by atoms with Gasteiger partial charge in [-0.25, -0.2) is 0 Å². The molecule has 0 N–H and O–H groups in total. The van der Waals surface area contributed by atoms with E-state index in [0.717, 1.165) is 31.6 Å². The average Bonchev–Trinajstić information content (AvgIpc) is 2.47. The second kappa shape index (κ2) is 6.66. The number of aromatic nitrogens is 1. The van der Waals surface area contributed by atoms with Crippen molar-refractivity contribution in [2.24, 2.45) is 11.8 Å². The minimum absolute atomic E-state index is 0.0746. The van der Waals surface area contributed by atoms with E-state index in [1.807, 2.05) is 32.3 Å². The Morgan fingerprint density at radius 3 is 2.89 bits per heavy atom. The van der Waals surface area contributed by atoms with E-state index in [0.29, 0.717) is 12.5 Å². The first-order valence-electron chi connectivity index (χ1n) is 6.90. The average molecular weight is 262 g/mol. The van der Waals surface area contributed by atoms with Gasteiger partial charge in [-0.2, -0.15) is 0 Å². The zero-order chi connectivity index (χ0) is 13.7. The van der Waals surface area contributed by atoms with Gasteiger partial charge in [0, 0.05) is 45.1 Å². The Morgan fingerprint density at radius 1 is 1.53 bits per heavy atom. The zero-order valence-electron chi connectivity index (χ0n) is 11.7. The van der Waals surface area contributed by atoms with Crippen LogP contribution < -0.4 is 0 Å². The highest BCUT2D eigenvalue weighted by atomic mass is 16.5. The summed E-state index contributed by atoms with van der Waals surface area (Å²) >= 11 is 0. The van der Waals surface area contributed by atoms with Gasteiger partial charge in [-0.15, -0.1) is 0 Å². The maximum atomic E-state index is 12.4. The molecule has 0 aromatic carbocycles. The van der Waals surface area contributed by atoms with Gasteiger partial charge in [0.15, 0.2) is 0 Å². The van der Waals surface area contributed by atoms with Crippen molar-refractivity contribution in [3.8, 4) is 0 Å². The van der Waals surface area contributed by atoms with Crippen LogP contribution in [0.4, 0.5) is 0 Å². The van der Waals surface area contributed by atoms with Gasteiger partial charge in [-0.05, 0) is 30.4 Å². The minimum Gasteiger partial charge on any atom is -0.381 e. The Labute approximate surface area is 114 Å². The summed E-state index contributed by atoms with van der Waals surface area (Å²) in [5.41, 5.74) is 1.07. The van der Waals surface area contributed by atoms with E-state index in [1.165, 1.54) is 0 Å². The minimum atomic E-state index is 0.0746. The molecule has 2 rings (SSSR count). The normalized spacial score (nSPS) is 18.0.